The van der Waals surface area contributed by atoms with Crippen molar-refractivity contribution in [3.63, 3.8) is 0 Å². The smallest absolute Gasteiger partial charge is 0.105 e. The monoisotopic (exact) mass is 263 g/mol. The molecule has 1 aromatic heterocycles. The summed E-state index contributed by atoms with van der Waals surface area (Å²) in [5.41, 5.74) is 0.483. The van der Waals surface area contributed by atoms with Crippen LogP contribution in [0, 0.1) is 11.3 Å². The number of likely N-dealkylation sites (N-methyl/N-ethyl adjacent to an activating group) is 1. The molecule has 1 saturated carbocycles. The standard InChI is InChI=1S/C17H29NO/c1-4-18-16(12-15-8-7-11-19-15)17(13-14(2)3)9-5-6-10-17/h7-8,11,14,16,18H,4-6,9-10,12-13H2,1-3H3. The summed E-state index contributed by atoms with van der Waals surface area (Å²) in [6, 6.07) is 4.68. The first-order chi connectivity index (χ1) is 9.16. The number of nitrogens with one attached hydrogen (secondary N) is 1. The highest BCUT2D eigenvalue weighted by molar-refractivity contribution is 5.05. The van der Waals surface area contributed by atoms with Crippen molar-refractivity contribution in [2.75, 3.05) is 6.54 Å². The van der Waals surface area contributed by atoms with Gasteiger partial charge in [0.2, 0.25) is 0 Å². The summed E-state index contributed by atoms with van der Waals surface area (Å²) >= 11 is 0. The van der Waals surface area contributed by atoms with Crippen LogP contribution in [0.4, 0.5) is 0 Å². The molecule has 2 nitrogen and oxygen atoms in total. The Bertz CT molecular complexity index is 349. The lowest BCUT2D eigenvalue weighted by molar-refractivity contribution is 0.150. The molecule has 0 spiro atoms. The number of furan rings is 1. The van der Waals surface area contributed by atoms with Crippen molar-refractivity contribution in [3.8, 4) is 0 Å². The molecule has 0 saturated heterocycles. The molecule has 19 heavy (non-hydrogen) atoms. The van der Waals surface area contributed by atoms with Gasteiger partial charge in [0.05, 0.1) is 6.26 Å². The Morgan fingerprint density at radius 1 is 1.32 bits per heavy atom. The van der Waals surface area contributed by atoms with Gasteiger partial charge in [0.25, 0.3) is 0 Å². The zero-order chi connectivity index (χ0) is 13.7. The van der Waals surface area contributed by atoms with Gasteiger partial charge in [-0.3, -0.25) is 0 Å². The molecule has 2 rings (SSSR count). The molecule has 0 radical (unpaired) electrons. The highest BCUT2D eigenvalue weighted by Gasteiger charge is 2.41. The minimum atomic E-state index is 0.483. The summed E-state index contributed by atoms with van der Waals surface area (Å²) in [5, 5.41) is 3.75. The second-order valence-electron chi connectivity index (χ2n) is 6.56. The quantitative estimate of drug-likeness (QED) is 0.788. The van der Waals surface area contributed by atoms with Gasteiger partial charge in [0.1, 0.15) is 5.76 Å². The van der Waals surface area contributed by atoms with Gasteiger partial charge >= 0.3 is 0 Å². The van der Waals surface area contributed by atoms with E-state index in [-0.39, 0.29) is 0 Å². The van der Waals surface area contributed by atoms with Crippen molar-refractivity contribution in [1.82, 2.24) is 5.32 Å². The van der Waals surface area contributed by atoms with E-state index in [1.165, 1.54) is 32.1 Å². The zero-order valence-electron chi connectivity index (χ0n) is 12.7. The van der Waals surface area contributed by atoms with Crippen LogP contribution < -0.4 is 5.32 Å². The molecule has 1 unspecified atom stereocenters. The summed E-state index contributed by atoms with van der Waals surface area (Å²) in [7, 11) is 0. The van der Waals surface area contributed by atoms with Crippen molar-refractivity contribution in [2.45, 2.75) is 65.3 Å². The van der Waals surface area contributed by atoms with Crippen molar-refractivity contribution < 1.29 is 4.42 Å². The lowest BCUT2D eigenvalue weighted by atomic mass is 9.71. The summed E-state index contributed by atoms with van der Waals surface area (Å²) in [4.78, 5) is 0. The Kier molecular flexibility index (Phi) is 5.09. The van der Waals surface area contributed by atoms with Gasteiger partial charge in [-0.05, 0) is 49.3 Å². The molecular weight excluding hydrogens is 234 g/mol. The van der Waals surface area contributed by atoms with E-state index in [4.69, 9.17) is 4.42 Å². The van der Waals surface area contributed by atoms with Crippen LogP contribution in [0.2, 0.25) is 0 Å². The number of hydrogen-bond acceptors (Lipinski definition) is 2. The first-order valence-electron chi connectivity index (χ1n) is 7.92. The predicted octanol–water partition coefficient (Wildman–Crippen LogP) is 4.41. The third-order valence-electron chi connectivity index (χ3n) is 4.59. The first-order valence-corrected chi connectivity index (χ1v) is 7.92. The average molecular weight is 263 g/mol. The molecule has 1 aliphatic rings. The van der Waals surface area contributed by atoms with Gasteiger partial charge in [-0.1, -0.05) is 33.6 Å². The molecule has 1 aromatic rings. The molecular formula is C17H29NO. The van der Waals surface area contributed by atoms with Crippen LogP contribution in [-0.4, -0.2) is 12.6 Å². The van der Waals surface area contributed by atoms with E-state index in [1.54, 1.807) is 6.26 Å². The minimum Gasteiger partial charge on any atom is -0.469 e. The maximum absolute atomic E-state index is 5.58. The molecule has 1 aliphatic carbocycles. The fourth-order valence-corrected chi connectivity index (χ4v) is 3.97. The van der Waals surface area contributed by atoms with Gasteiger partial charge in [-0.25, -0.2) is 0 Å². The second-order valence-corrected chi connectivity index (χ2v) is 6.56. The minimum absolute atomic E-state index is 0.483. The van der Waals surface area contributed by atoms with Crippen molar-refractivity contribution >= 4 is 0 Å². The third kappa shape index (κ3) is 3.62. The molecule has 0 amide bonds. The van der Waals surface area contributed by atoms with E-state index >= 15 is 0 Å². The molecule has 2 heteroatoms. The van der Waals surface area contributed by atoms with Crippen LogP contribution in [-0.2, 0) is 6.42 Å². The van der Waals surface area contributed by atoms with Crippen LogP contribution >= 0.6 is 0 Å². The number of rotatable bonds is 7. The second kappa shape index (κ2) is 6.60. The van der Waals surface area contributed by atoms with E-state index in [0.29, 0.717) is 11.5 Å². The molecule has 1 N–H and O–H groups in total. The van der Waals surface area contributed by atoms with Crippen molar-refractivity contribution in [2.24, 2.45) is 11.3 Å². The first kappa shape index (κ1) is 14.6. The molecule has 0 aromatic carbocycles. The highest BCUT2D eigenvalue weighted by atomic mass is 16.3. The molecule has 108 valence electrons. The normalized spacial score (nSPS) is 20.0. The summed E-state index contributed by atoms with van der Waals surface area (Å²) in [5.74, 6) is 1.90. The Hall–Kier alpha value is -0.760. The third-order valence-corrected chi connectivity index (χ3v) is 4.59. The van der Waals surface area contributed by atoms with Crippen molar-refractivity contribution in [1.29, 1.82) is 0 Å². The topological polar surface area (TPSA) is 25.2 Å². The largest absolute Gasteiger partial charge is 0.469 e. The zero-order valence-corrected chi connectivity index (χ0v) is 12.7. The summed E-state index contributed by atoms with van der Waals surface area (Å²) in [6.07, 6.45) is 9.72. The van der Waals surface area contributed by atoms with Crippen molar-refractivity contribution in [3.05, 3.63) is 24.2 Å². The van der Waals surface area contributed by atoms with Crippen LogP contribution in [0.15, 0.2) is 22.8 Å². The predicted molar refractivity (Wildman–Crippen MR) is 80.2 cm³/mol. The molecule has 1 atom stereocenters. The average Bonchev–Trinajstić information content (AvgIpc) is 2.99. The van der Waals surface area contributed by atoms with Gasteiger partial charge in [-0.15, -0.1) is 0 Å². The maximum atomic E-state index is 5.58. The molecule has 1 fully saturated rings. The highest BCUT2D eigenvalue weighted by Crippen LogP contribution is 2.46. The molecule has 1 heterocycles. The van der Waals surface area contributed by atoms with E-state index in [0.717, 1.165) is 24.6 Å². The SMILES string of the molecule is CCNC(Cc1ccco1)C1(CC(C)C)CCCC1. The Morgan fingerprint density at radius 2 is 2.05 bits per heavy atom. The summed E-state index contributed by atoms with van der Waals surface area (Å²) in [6.45, 7) is 7.98. The van der Waals surface area contributed by atoms with E-state index in [1.807, 2.05) is 6.07 Å². The maximum Gasteiger partial charge on any atom is 0.105 e. The fraction of sp³-hybridized carbons (Fsp3) is 0.765. The van der Waals surface area contributed by atoms with Crippen LogP contribution in [0.5, 0.6) is 0 Å². The number of hydrogen-bond donors (Lipinski definition) is 1. The molecule has 0 bridgehead atoms. The summed E-state index contributed by atoms with van der Waals surface area (Å²) < 4.78 is 5.58. The van der Waals surface area contributed by atoms with Crippen LogP contribution in [0.1, 0.15) is 58.6 Å². The fourth-order valence-electron chi connectivity index (χ4n) is 3.97. The van der Waals surface area contributed by atoms with Gasteiger partial charge < -0.3 is 9.73 Å². The van der Waals surface area contributed by atoms with E-state index in [2.05, 4.69) is 32.2 Å². The van der Waals surface area contributed by atoms with E-state index in [9.17, 15) is 0 Å². The lowest BCUT2D eigenvalue weighted by Gasteiger charge is -2.39. The lowest BCUT2D eigenvalue weighted by Crippen LogP contribution is -2.46. The van der Waals surface area contributed by atoms with Crippen LogP contribution in [0.3, 0.4) is 0 Å². The Morgan fingerprint density at radius 3 is 2.58 bits per heavy atom. The van der Waals surface area contributed by atoms with E-state index < -0.39 is 0 Å². The van der Waals surface area contributed by atoms with Gasteiger partial charge in [0.15, 0.2) is 0 Å². The van der Waals surface area contributed by atoms with Crippen LogP contribution in [0.25, 0.3) is 0 Å². The van der Waals surface area contributed by atoms with Gasteiger partial charge in [-0.2, -0.15) is 0 Å². The Labute approximate surface area is 118 Å². The Balaban J connectivity index is 2.13. The van der Waals surface area contributed by atoms with Gasteiger partial charge in [0, 0.05) is 12.5 Å². The molecule has 0 aliphatic heterocycles.